The van der Waals surface area contributed by atoms with Gasteiger partial charge in [-0.3, -0.25) is 4.79 Å². The van der Waals surface area contributed by atoms with Gasteiger partial charge >= 0.3 is 5.97 Å². The molecule has 50 valence electrons. The largest absolute Gasteiger partial charge is 0.501 e. The van der Waals surface area contributed by atoms with Gasteiger partial charge in [-0.2, -0.15) is 0 Å². The van der Waals surface area contributed by atoms with E-state index in [4.69, 9.17) is 9.84 Å². The van der Waals surface area contributed by atoms with Crippen LogP contribution >= 0.6 is 0 Å². The number of carboxylic acid groups (broad SMARTS) is 1. The van der Waals surface area contributed by atoms with Gasteiger partial charge in [0.1, 0.15) is 0 Å². The van der Waals surface area contributed by atoms with Gasteiger partial charge in [0.05, 0.1) is 19.3 Å². The summed E-state index contributed by atoms with van der Waals surface area (Å²) >= 11 is 0. The molecule has 0 aromatic carbocycles. The molecule has 0 radical (unpaired) electrons. The number of hydrogen-bond donors (Lipinski definition) is 1. The highest BCUT2D eigenvalue weighted by Gasteiger charge is 2.08. The van der Waals surface area contributed by atoms with Crippen LogP contribution in [0.5, 0.6) is 0 Å². The van der Waals surface area contributed by atoms with Crippen molar-refractivity contribution in [2.45, 2.75) is 12.8 Å². The second-order valence-electron chi connectivity index (χ2n) is 1.97. The number of hydrogen-bond acceptors (Lipinski definition) is 2. The zero-order chi connectivity index (χ0) is 6.69. The first kappa shape index (κ1) is 6.13. The highest BCUT2D eigenvalue weighted by Crippen LogP contribution is 2.13. The number of aliphatic carboxylic acids is 1. The van der Waals surface area contributed by atoms with E-state index in [0.717, 1.165) is 12.0 Å². The fraction of sp³-hybridized carbons (Fsp3) is 0.500. The van der Waals surface area contributed by atoms with Crippen molar-refractivity contribution in [1.82, 2.24) is 0 Å². The van der Waals surface area contributed by atoms with Gasteiger partial charge in [-0.15, -0.1) is 0 Å². The maximum atomic E-state index is 10.1. The molecule has 0 fully saturated rings. The lowest BCUT2D eigenvalue weighted by Gasteiger charge is -1.89. The van der Waals surface area contributed by atoms with Gasteiger partial charge in [-0.25, -0.2) is 0 Å². The van der Waals surface area contributed by atoms with Crippen molar-refractivity contribution >= 4 is 5.97 Å². The molecular formula is C6H8O3. The molecule has 1 aliphatic rings. The van der Waals surface area contributed by atoms with Crippen molar-refractivity contribution in [2.75, 3.05) is 6.61 Å². The minimum atomic E-state index is -0.785. The van der Waals surface area contributed by atoms with E-state index >= 15 is 0 Å². The van der Waals surface area contributed by atoms with Gasteiger partial charge in [0.15, 0.2) is 0 Å². The summed E-state index contributed by atoms with van der Waals surface area (Å²) in [6, 6.07) is 0. The number of ether oxygens (including phenoxy) is 1. The van der Waals surface area contributed by atoms with Crippen LogP contribution < -0.4 is 0 Å². The highest BCUT2D eigenvalue weighted by atomic mass is 16.5. The molecule has 0 aromatic rings. The molecule has 0 aliphatic carbocycles. The van der Waals surface area contributed by atoms with Crippen LogP contribution in [0, 0.1) is 0 Å². The fourth-order valence-electron chi connectivity index (χ4n) is 0.750. The Morgan fingerprint density at radius 2 is 2.67 bits per heavy atom. The summed E-state index contributed by atoms with van der Waals surface area (Å²) in [7, 11) is 0. The smallest absolute Gasteiger partial charge is 0.307 e. The average Bonchev–Trinajstić information content (AvgIpc) is 2.15. The summed E-state index contributed by atoms with van der Waals surface area (Å²) in [5.41, 5.74) is 0.877. The first-order chi connectivity index (χ1) is 4.29. The maximum Gasteiger partial charge on any atom is 0.307 e. The van der Waals surface area contributed by atoms with Crippen molar-refractivity contribution in [2.24, 2.45) is 0 Å². The monoisotopic (exact) mass is 128 g/mol. The van der Waals surface area contributed by atoms with Crippen molar-refractivity contribution < 1.29 is 14.6 Å². The third-order valence-corrected chi connectivity index (χ3v) is 1.17. The van der Waals surface area contributed by atoms with Crippen LogP contribution in [0.25, 0.3) is 0 Å². The van der Waals surface area contributed by atoms with Crippen LogP contribution in [0.1, 0.15) is 12.8 Å². The lowest BCUT2D eigenvalue weighted by Crippen LogP contribution is -1.95. The Morgan fingerprint density at radius 3 is 3.11 bits per heavy atom. The van der Waals surface area contributed by atoms with E-state index in [1.165, 1.54) is 6.26 Å². The zero-order valence-corrected chi connectivity index (χ0v) is 4.96. The molecule has 3 heteroatoms. The van der Waals surface area contributed by atoms with E-state index < -0.39 is 5.97 Å². The predicted molar refractivity (Wildman–Crippen MR) is 30.9 cm³/mol. The van der Waals surface area contributed by atoms with Crippen molar-refractivity contribution in [3.05, 3.63) is 11.8 Å². The molecule has 3 nitrogen and oxygen atoms in total. The van der Waals surface area contributed by atoms with Gasteiger partial charge in [0.25, 0.3) is 0 Å². The zero-order valence-electron chi connectivity index (χ0n) is 4.96. The summed E-state index contributed by atoms with van der Waals surface area (Å²) in [6.45, 7) is 0.641. The Morgan fingerprint density at radius 1 is 1.89 bits per heavy atom. The molecule has 0 atom stereocenters. The van der Waals surface area contributed by atoms with Crippen LogP contribution in [0.3, 0.4) is 0 Å². The van der Waals surface area contributed by atoms with E-state index in [-0.39, 0.29) is 6.42 Å². The highest BCUT2D eigenvalue weighted by molar-refractivity contribution is 5.69. The van der Waals surface area contributed by atoms with E-state index in [2.05, 4.69) is 0 Å². The molecule has 0 saturated heterocycles. The first-order valence-electron chi connectivity index (χ1n) is 2.80. The van der Waals surface area contributed by atoms with Crippen molar-refractivity contribution in [3.63, 3.8) is 0 Å². The second-order valence-corrected chi connectivity index (χ2v) is 1.97. The van der Waals surface area contributed by atoms with E-state index in [0.29, 0.717) is 6.61 Å². The van der Waals surface area contributed by atoms with Gasteiger partial charge in [-0.05, 0) is 5.57 Å². The second kappa shape index (κ2) is 2.53. The Labute approximate surface area is 52.9 Å². The van der Waals surface area contributed by atoms with E-state index in [9.17, 15) is 4.79 Å². The van der Waals surface area contributed by atoms with Gasteiger partial charge < -0.3 is 9.84 Å². The lowest BCUT2D eigenvalue weighted by atomic mass is 10.2. The third-order valence-electron chi connectivity index (χ3n) is 1.17. The summed E-state index contributed by atoms with van der Waals surface area (Å²) < 4.78 is 4.83. The predicted octanol–water partition coefficient (Wildman–Crippen LogP) is 0.765. The molecule has 0 aromatic heterocycles. The minimum absolute atomic E-state index is 0.125. The third kappa shape index (κ3) is 1.76. The molecule has 1 heterocycles. The van der Waals surface area contributed by atoms with Crippen molar-refractivity contribution in [1.29, 1.82) is 0 Å². The summed E-state index contributed by atoms with van der Waals surface area (Å²) in [4.78, 5) is 10.1. The lowest BCUT2D eigenvalue weighted by molar-refractivity contribution is -0.136. The average molecular weight is 128 g/mol. The molecule has 0 bridgehead atoms. The van der Waals surface area contributed by atoms with Crippen LogP contribution in [0.4, 0.5) is 0 Å². The molecule has 0 unspecified atom stereocenters. The molecule has 1 aliphatic heterocycles. The Balaban J connectivity index is 2.35. The molecule has 9 heavy (non-hydrogen) atoms. The van der Waals surface area contributed by atoms with Gasteiger partial charge in [-0.1, -0.05) is 0 Å². The number of rotatable bonds is 2. The minimum Gasteiger partial charge on any atom is -0.501 e. The van der Waals surface area contributed by atoms with E-state index in [1.54, 1.807) is 0 Å². The molecule has 1 rings (SSSR count). The quantitative estimate of drug-likeness (QED) is 0.597. The standard InChI is InChI=1S/C6H8O3/c7-6(8)3-5-1-2-9-4-5/h4H,1-3H2,(H,7,8). The normalized spacial score (nSPS) is 16.7. The van der Waals surface area contributed by atoms with Crippen LogP contribution in [0.15, 0.2) is 11.8 Å². The molecular weight excluding hydrogens is 120 g/mol. The first-order valence-corrected chi connectivity index (χ1v) is 2.80. The van der Waals surface area contributed by atoms with Gasteiger partial charge in [0, 0.05) is 6.42 Å². The van der Waals surface area contributed by atoms with Crippen LogP contribution in [0.2, 0.25) is 0 Å². The van der Waals surface area contributed by atoms with Crippen LogP contribution in [-0.4, -0.2) is 17.7 Å². The Kier molecular flexibility index (Phi) is 1.72. The topological polar surface area (TPSA) is 46.5 Å². The van der Waals surface area contributed by atoms with Crippen molar-refractivity contribution in [3.8, 4) is 0 Å². The Hall–Kier alpha value is -0.990. The van der Waals surface area contributed by atoms with Gasteiger partial charge in [0.2, 0.25) is 0 Å². The van der Waals surface area contributed by atoms with Crippen LogP contribution in [-0.2, 0) is 9.53 Å². The van der Waals surface area contributed by atoms with E-state index in [1.807, 2.05) is 0 Å². The summed E-state index contributed by atoms with van der Waals surface area (Å²) in [6.07, 6.45) is 2.43. The molecule has 0 amide bonds. The summed E-state index contributed by atoms with van der Waals surface area (Å²) in [5.74, 6) is -0.785. The number of carbonyl (C=O) groups is 1. The maximum absolute atomic E-state index is 10.1. The molecule has 1 N–H and O–H groups in total. The summed E-state index contributed by atoms with van der Waals surface area (Å²) in [5, 5.41) is 8.28. The SMILES string of the molecule is O=C(O)CC1=COCC1. The number of carboxylic acids is 1. The molecule has 0 spiro atoms. The molecule has 0 saturated carbocycles. The fourth-order valence-corrected chi connectivity index (χ4v) is 0.750. The Bertz CT molecular complexity index is 148.